The van der Waals surface area contributed by atoms with Gasteiger partial charge in [0.2, 0.25) is 11.8 Å². The molecule has 0 aromatic heterocycles. The summed E-state index contributed by atoms with van der Waals surface area (Å²) >= 11 is 0. The monoisotopic (exact) mass is 139 g/mol. The van der Waals surface area contributed by atoms with Crippen LogP contribution in [0, 0.1) is 11.8 Å². The standard InChI is InChI=1S/C7H9NO2/c9-6-4-1-2-5(3-4)7(10)8-6/h4-5H,1-3H2,(H,8,9,10). The number of hydrogen-bond acceptors (Lipinski definition) is 2. The Bertz CT molecular complexity index is 180. The fourth-order valence-corrected chi connectivity index (χ4v) is 1.78. The van der Waals surface area contributed by atoms with Crippen molar-refractivity contribution < 1.29 is 9.59 Å². The van der Waals surface area contributed by atoms with Crippen LogP contribution in [0.25, 0.3) is 0 Å². The van der Waals surface area contributed by atoms with Crippen molar-refractivity contribution in [3.05, 3.63) is 0 Å². The van der Waals surface area contributed by atoms with E-state index in [0.29, 0.717) is 0 Å². The molecular weight excluding hydrogens is 130 g/mol. The van der Waals surface area contributed by atoms with Gasteiger partial charge in [-0.25, -0.2) is 0 Å². The first-order valence-corrected chi connectivity index (χ1v) is 3.62. The maximum absolute atomic E-state index is 10.9. The van der Waals surface area contributed by atoms with E-state index in [-0.39, 0.29) is 23.7 Å². The van der Waals surface area contributed by atoms with E-state index in [1.165, 1.54) is 0 Å². The van der Waals surface area contributed by atoms with Gasteiger partial charge in [0.05, 0.1) is 0 Å². The molecule has 3 heteroatoms. The van der Waals surface area contributed by atoms with Gasteiger partial charge in [0.25, 0.3) is 0 Å². The van der Waals surface area contributed by atoms with Crippen LogP contribution in [-0.2, 0) is 9.59 Å². The van der Waals surface area contributed by atoms with E-state index in [4.69, 9.17) is 0 Å². The number of nitrogens with one attached hydrogen (secondary N) is 1. The van der Waals surface area contributed by atoms with Gasteiger partial charge in [-0.15, -0.1) is 0 Å². The first-order chi connectivity index (χ1) is 4.77. The number of carbonyl (C=O) groups is 2. The third kappa shape index (κ3) is 0.664. The van der Waals surface area contributed by atoms with Gasteiger partial charge in [0.1, 0.15) is 0 Å². The zero-order valence-corrected chi connectivity index (χ0v) is 5.59. The van der Waals surface area contributed by atoms with Gasteiger partial charge in [0.15, 0.2) is 0 Å². The summed E-state index contributed by atoms with van der Waals surface area (Å²) in [5, 5.41) is 2.36. The number of piperidine rings is 1. The molecule has 2 unspecified atom stereocenters. The Kier molecular flexibility index (Phi) is 1.07. The fourth-order valence-electron chi connectivity index (χ4n) is 1.78. The van der Waals surface area contributed by atoms with Crippen molar-refractivity contribution in [3.8, 4) is 0 Å². The number of imide groups is 1. The van der Waals surface area contributed by atoms with Crippen molar-refractivity contribution in [1.29, 1.82) is 0 Å². The van der Waals surface area contributed by atoms with Gasteiger partial charge in [-0.05, 0) is 19.3 Å². The molecule has 2 rings (SSSR count). The van der Waals surface area contributed by atoms with E-state index in [1.54, 1.807) is 0 Å². The zero-order valence-electron chi connectivity index (χ0n) is 5.59. The van der Waals surface area contributed by atoms with E-state index in [9.17, 15) is 9.59 Å². The van der Waals surface area contributed by atoms with E-state index in [0.717, 1.165) is 19.3 Å². The Morgan fingerprint density at radius 2 is 1.60 bits per heavy atom. The summed E-state index contributed by atoms with van der Waals surface area (Å²) in [5.74, 6) is 0.169. The molecule has 54 valence electrons. The highest BCUT2D eigenvalue weighted by Crippen LogP contribution is 2.33. The van der Waals surface area contributed by atoms with Crippen molar-refractivity contribution in [3.63, 3.8) is 0 Å². The number of hydrogen-bond donors (Lipinski definition) is 1. The highest BCUT2D eigenvalue weighted by Gasteiger charge is 2.39. The Balaban J connectivity index is 2.24. The molecule has 2 bridgehead atoms. The van der Waals surface area contributed by atoms with E-state index in [2.05, 4.69) is 5.32 Å². The first-order valence-electron chi connectivity index (χ1n) is 3.62. The molecule has 3 nitrogen and oxygen atoms in total. The van der Waals surface area contributed by atoms with Gasteiger partial charge in [-0.3, -0.25) is 14.9 Å². The van der Waals surface area contributed by atoms with Crippen molar-refractivity contribution in [2.45, 2.75) is 19.3 Å². The van der Waals surface area contributed by atoms with Crippen LogP contribution in [0.1, 0.15) is 19.3 Å². The van der Waals surface area contributed by atoms with Gasteiger partial charge in [0, 0.05) is 11.8 Å². The summed E-state index contributed by atoms with van der Waals surface area (Å²) in [6, 6.07) is 0. The number of amides is 2. The summed E-state index contributed by atoms with van der Waals surface area (Å²) in [7, 11) is 0. The minimum Gasteiger partial charge on any atom is -0.296 e. The lowest BCUT2D eigenvalue weighted by molar-refractivity contribution is -0.137. The number of rotatable bonds is 0. The van der Waals surface area contributed by atoms with Crippen LogP contribution in [0.15, 0.2) is 0 Å². The molecule has 2 amide bonds. The quantitative estimate of drug-likeness (QED) is 0.482. The summed E-state index contributed by atoms with van der Waals surface area (Å²) < 4.78 is 0. The second-order valence-corrected chi connectivity index (χ2v) is 3.06. The topological polar surface area (TPSA) is 46.2 Å². The number of carbonyl (C=O) groups excluding carboxylic acids is 2. The van der Waals surface area contributed by atoms with Gasteiger partial charge < -0.3 is 0 Å². The van der Waals surface area contributed by atoms with Crippen molar-refractivity contribution in [2.24, 2.45) is 11.8 Å². The van der Waals surface area contributed by atoms with E-state index >= 15 is 0 Å². The summed E-state index contributed by atoms with van der Waals surface area (Å²) in [6.07, 6.45) is 2.61. The van der Waals surface area contributed by atoms with Crippen LogP contribution in [0.4, 0.5) is 0 Å². The maximum atomic E-state index is 10.9. The molecule has 1 aliphatic heterocycles. The minimum absolute atomic E-state index is 0.0567. The lowest BCUT2D eigenvalue weighted by Crippen LogP contribution is -2.41. The average molecular weight is 139 g/mol. The largest absolute Gasteiger partial charge is 0.296 e. The van der Waals surface area contributed by atoms with E-state index < -0.39 is 0 Å². The highest BCUT2D eigenvalue weighted by atomic mass is 16.2. The molecule has 1 saturated heterocycles. The third-order valence-electron chi connectivity index (χ3n) is 2.42. The van der Waals surface area contributed by atoms with Crippen LogP contribution in [-0.4, -0.2) is 11.8 Å². The van der Waals surface area contributed by atoms with Crippen LogP contribution in [0.2, 0.25) is 0 Å². The SMILES string of the molecule is O=C1NC(=O)C2CCC1C2. The van der Waals surface area contributed by atoms with Crippen LogP contribution < -0.4 is 5.32 Å². The average Bonchev–Trinajstić information content (AvgIpc) is 2.28. The second-order valence-electron chi connectivity index (χ2n) is 3.06. The van der Waals surface area contributed by atoms with Crippen molar-refractivity contribution in [1.82, 2.24) is 5.32 Å². The Morgan fingerprint density at radius 1 is 1.10 bits per heavy atom. The first kappa shape index (κ1) is 5.89. The van der Waals surface area contributed by atoms with Gasteiger partial charge in [-0.2, -0.15) is 0 Å². The van der Waals surface area contributed by atoms with Crippen molar-refractivity contribution in [2.75, 3.05) is 0 Å². The lowest BCUT2D eigenvalue weighted by Gasteiger charge is -2.16. The molecule has 0 spiro atoms. The predicted molar refractivity (Wildman–Crippen MR) is 34.0 cm³/mol. The molecule has 10 heavy (non-hydrogen) atoms. The molecule has 2 atom stereocenters. The summed E-state index contributed by atoms with van der Waals surface area (Å²) in [4.78, 5) is 21.9. The number of fused-ring (bicyclic) bond motifs is 2. The van der Waals surface area contributed by atoms with Gasteiger partial charge >= 0.3 is 0 Å². The summed E-state index contributed by atoms with van der Waals surface area (Å²) in [6.45, 7) is 0. The van der Waals surface area contributed by atoms with Gasteiger partial charge in [-0.1, -0.05) is 0 Å². The summed E-state index contributed by atoms with van der Waals surface area (Å²) in [5.41, 5.74) is 0. The Morgan fingerprint density at radius 3 is 2.10 bits per heavy atom. The molecule has 1 heterocycles. The molecule has 0 aromatic rings. The van der Waals surface area contributed by atoms with Crippen LogP contribution in [0.5, 0.6) is 0 Å². The Hall–Kier alpha value is -0.860. The molecule has 2 aliphatic rings. The highest BCUT2D eigenvalue weighted by molar-refractivity contribution is 6.00. The smallest absolute Gasteiger partial charge is 0.229 e. The van der Waals surface area contributed by atoms with E-state index in [1.807, 2.05) is 0 Å². The lowest BCUT2D eigenvalue weighted by atomic mass is 9.99. The molecule has 2 fully saturated rings. The normalized spacial score (nSPS) is 38.0. The minimum atomic E-state index is -0.0567. The Labute approximate surface area is 58.8 Å². The molecule has 1 N–H and O–H groups in total. The third-order valence-corrected chi connectivity index (χ3v) is 2.42. The maximum Gasteiger partial charge on any atom is 0.229 e. The fraction of sp³-hybridized carbons (Fsp3) is 0.714. The van der Waals surface area contributed by atoms with Crippen molar-refractivity contribution >= 4 is 11.8 Å². The van der Waals surface area contributed by atoms with Crippen LogP contribution >= 0.6 is 0 Å². The second kappa shape index (κ2) is 1.81. The zero-order chi connectivity index (χ0) is 7.14. The molecule has 0 radical (unpaired) electrons. The molecule has 1 aliphatic carbocycles. The molecule has 1 saturated carbocycles. The molecular formula is C7H9NO2. The predicted octanol–water partition coefficient (Wildman–Crippen LogP) is 0.0591. The van der Waals surface area contributed by atoms with Crippen LogP contribution in [0.3, 0.4) is 0 Å². The molecule has 0 aromatic carbocycles.